The van der Waals surface area contributed by atoms with E-state index in [9.17, 15) is 35.9 Å². The van der Waals surface area contributed by atoms with E-state index in [1.165, 1.54) is 12.1 Å². The second kappa shape index (κ2) is 13.4. The number of benzene rings is 3. The number of furan rings is 1. The fraction of sp³-hybridized carbons (Fsp3) is 0.167. The Morgan fingerprint density at radius 2 is 1.40 bits per heavy atom. The van der Waals surface area contributed by atoms with Crippen LogP contribution in [0.1, 0.15) is 11.1 Å². The molecule has 2 amide bonds. The molecule has 236 valence electrons. The van der Waals surface area contributed by atoms with Crippen LogP contribution in [0.5, 0.6) is 11.5 Å². The van der Waals surface area contributed by atoms with E-state index in [2.05, 4.69) is 10.3 Å². The molecular formula is C30H24F6N4O5. The van der Waals surface area contributed by atoms with Crippen LogP contribution in [-0.2, 0) is 29.0 Å². The number of alkyl halides is 6. The number of aryl methyl sites for hydroxylation is 1. The van der Waals surface area contributed by atoms with Crippen LogP contribution in [0, 0.1) is 0 Å². The quantitative estimate of drug-likeness (QED) is 0.190. The van der Waals surface area contributed by atoms with E-state index in [1.54, 1.807) is 30.7 Å². The van der Waals surface area contributed by atoms with E-state index in [-0.39, 0.29) is 24.7 Å². The zero-order valence-electron chi connectivity index (χ0n) is 23.3. The molecule has 0 atom stereocenters. The number of carbonyl (C=O) groups is 2. The lowest BCUT2D eigenvalue weighted by molar-refractivity contribution is -0.138. The summed E-state index contributed by atoms with van der Waals surface area (Å²) in [5.74, 6) is -0.0546. The van der Waals surface area contributed by atoms with Crippen LogP contribution < -0.4 is 20.5 Å². The molecule has 2 heterocycles. The summed E-state index contributed by atoms with van der Waals surface area (Å²) in [6, 6.07) is 15.2. The van der Waals surface area contributed by atoms with Crippen molar-refractivity contribution in [3.63, 3.8) is 0 Å². The monoisotopic (exact) mass is 634 g/mol. The van der Waals surface area contributed by atoms with Crippen LogP contribution in [0.3, 0.4) is 0 Å². The fourth-order valence-electron chi connectivity index (χ4n) is 3.90. The van der Waals surface area contributed by atoms with Crippen LogP contribution in [0.25, 0.3) is 22.4 Å². The van der Waals surface area contributed by atoms with Crippen LogP contribution in [0.2, 0.25) is 0 Å². The third kappa shape index (κ3) is 8.78. The van der Waals surface area contributed by atoms with Crippen LogP contribution in [0.4, 0.5) is 32.0 Å². The van der Waals surface area contributed by atoms with Crippen molar-refractivity contribution in [1.82, 2.24) is 9.55 Å². The topological polar surface area (TPSA) is 122 Å². The zero-order valence-corrected chi connectivity index (χ0v) is 23.3. The van der Waals surface area contributed by atoms with E-state index in [0.29, 0.717) is 5.69 Å². The Hall–Kier alpha value is -5.47. The molecule has 5 rings (SSSR count). The summed E-state index contributed by atoms with van der Waals surface area (Å²) in [7, 11) is 1.86. The smallest absolute Gasteiger partial charge is 0.416 e. The number of imidazole rings is 1. The standard InChI is InChI=1S/C21H16F3N3O3.C9H8F3NO2/c1-27-18-10-15(4-7-17(18)26-20(27)13-8-9-29-11-13)25-19(28)12-30-16-5-2-14(3-6-16)21(22,23)24;10-9(11,12)6-1-3-7(4-2-6)15-5-8(13)14/h2-11H,12H2,1H3,(H,25,28);1-4H,5H2,(H2,13,14). The van der Waals surface area contributed by atoms with Gasteiger partial charge in [0.2, 0.25) is 0 Å². The van der Waals surface area contributed by atoms with E-state index < -0.39 is 35.3 Å². The molecular weight excluding hydrogens is 610 g/mol. The molecule has 0 fully saturated rings. The number of nitrogens with zero attached hydrogens (tertiary/aromatic N) is 2. The summed E-state index contributed by atoms with van der Waals surface area (Å²) in [5.41, 5.74) is 6.20. The molecule has 9 nitrogen and oxygen atoms in total. The van der Waals surface area contributed by atoms with Gasteiger partial charge in [0.15, 0.2) is 13.2 Å². The summed E-state index contributed by atoms with van der Waals surface area (Å²) in [5, 5.41) is 2.71. The normalized spacial score (nSPS) is 11.4. The maximum absolute atomic E-state index is 12.6. The molecule has 45 heavy (non-hydrogen) atoms. The van der Waals surface area contributed by atoms with Crippen LogP contribution in [-0.4, -0.2) is 34.6 Å². The number of halogens is 6. The summed E-state index contributed by atoms with van der Waals surface area (Å²) < 4.78 is 91.1. The number of amides is 2. The van der Waals surface area contributed by atoms with E-state index >= 15 is 0 Å². The van der Waals surface area contributed by atoms with Gasteiger partial charge in [-0.15, -0.1) is 0 Å². The Morgan fingerprint density at radius 1 is 0.844 bits per heavy atom. The molecule has 2 aromatic heterocycles. The number of hydrogen-bond donors (Lipinski definition) is 2. The highest BCUT2D eigenvalue weighted by Crippen LogP contribution is 2.31. The number of rotatable bonds is 8. The van der Waals surface area contributed by atoms with E-state index in [0.717, 1.165) is 58.8 Å². The summed E-state index contributed by atoms with van der Waals surface area (Å²) in [6.07, 6.45) is -5.63. The first kappa shape index (κ1) is 32.4. The minimum absolute atomic E-state index is 0.168. The summed E-state index contributed by atoms with van der Waals surface area (Å²) in [4.78, 5) is 27.1. The van der Waals surface area contributed by atoms with Crippen molar-refractivity contribution in [3.05, 3.63) is 96.4 Å². The number of nitrogens with two attached hydrogens (primary N) is 1. The average Bonchev–Trinajstić information content (AvgIpc) is 3.63. The number of nitrogens with one attached hydrogen (secondary N) is 1. The predicted molar refractivity (Wildman–Crippen MR) is 150 cm³/mol. The van der Waals surface area contributed by atoms with Crippen molar-refractivity contribution in [2.45, 2.75) is 12.4 Å². The first-order chi connectivity index (χ1) is 21.2. The molecule has 5 aromatic rings. The van der Waals surface area contributed by atoms with Gasteiger partial charge in [-0.25, -0.2) is 4.98 Å². The SMILES string of the molecule is Cn1c(-c2ccoc2)nc2ccc(NC(=O)COc3ccc(C(F)(F)F)cc3)cc21.NC(=O)COc1ccc(C(F)(F)F)cc1. The molecule has 0 saturated heterocycles. The van der Waals surface area contributed by atoms with E-state index in [1.807, 2.05) is 17.7 Å². The van der Waals surface area contributed by atoms with Crippen molar-refractivity contribution < 1.29 is 49.8 Å². The van der Waals surface area contributed by atoms with Gasteiger partial charge in [0, 0.05) is 12.7 Å². The molecule has 0 aliphatic rings. The third-order valence-corrected chi connectivity index (χ3v) is 6.06. The second-order valence-electron chi connectivity index (χ2n) is 9.35. The van der Waals surface area contributed by atoms with Gasteiger partial charge >= 0.3 is 12.4 Å². The molecule has 0 aliphatic heterocycles. The lowest BCUT2D eigenvalue weighted by atomic mass is 10.2. The summed E-state index contributed by atoms with van der Waals surface area (Å²) in [6.45, 7) is -0.694. The van der Waals surface area contributed by atoms with E-state index in [4.69, 9.17) is 19.6 Å². The van der Waals surface area contributed by atoms with Gasteiger partial charge in [-0.2, -0.15) is 26.3 Å². The number of anilines is 1. The Labute approximate surface area is 251 Å². The molecule has 0 bridgehead atoms. The molecule has 0 unspecified atom stereocenters. The highest BCUT2D eigenvalue weighted by Gasteiger charge is 2.30. The number of primary amides is 1. The highest BCUT2D eigenvalue weighted by atomic mass is 19.4. The van der Waals surface area contributed by atoms with Crippen LogP contribution >= 0.6 is 0 Å². The van der Waals surface area contributed by atoms with Crippen molar-refractivity contribution in [2.75, 3.05) is 18.5 Å². The van der Waals surface area contributed by atoms with Crippen LogP contribution in [0.15, 0.2) is 89.7 Å². The molecule has 0 saturated carbocycles. The second-order valence-corrected chi connectivity index (χ2v) is 9.35. The van der Waals surface area contributed by atoms with Crippen molar-refractivity contribution in [2.24, 2.45) is 12.8 Å². The first-order valence-corrected chi connectivity index (χ1v) is 12.9. The number of hydrogen-bond acceptors (Lipinski definition) is 6. The Kier molecular flexibility index (Phi) is 9.69. The lowest BCUT2D eigenvalue weighted by Crippen LogP contribution is -2.20. The Balaban J connectivity index is 0.000000259. The van der Waals surface area contributed by atoms with Gasteiger partial charge in [-0.1, -0.05) is 0 Å². The molecule has 15 heteroatoms. The number of fused-ring (bicyclic) bond motifs is 1. The minimum atomic E-state index is -4.42. The molecule has 0 radical (unpaired) electrons. The van der Waals surface area contributed by atoms with Gasteiger partial charge < -0.3 is 29.5 Å². The average molecular weight is 635 g/mol. The number of aromatic nitrogens is 2. The number of ether oxygens (including phenoxy) is 2. The van der Waals surface area contributed by atoms with Crippen molar-refractivity contribution in [3.8, 4) is 22.9 Å². The number of carbonyl (C=O) groups excluding carboxylic acids is 2. The van der Waals surface area contributed by atoms with Gasteiger partial charge in [0.05, 0.1) is 34.0 Å². The minimum Gasteiger partial charge on any atom is -0.484 e. The van der Waals surface area contributed by atoms with Crippen molar-refractivity contribution in [1.29, 1.82) is 0 Å². The van der Waals surface area contributed by atoms with Crippen molar-refractivity contribution >= 4 is 28.5 Å². The van der Waals surface area contributed by atoms with Gasteiger partial charge in [-0.05, 0) is 72.8 Å². The highest BCUT2D eigenvalue weighted by molar-refractivity contribution is 5.94. The van der Waals surface area contributed by atoms with Gasteiger partial charge in [-0.3, -0.25) is 9.59 Å². The predicted octanol–water partition coefficient (Wildman–Crippen LogP) is 6.44. The molecule has 3 aromatic carbocycles. The Bertz CT molecular complexity index is 1750. The largest absolute Gasteiger partial charge is 0.484 e. The summed E-state index contributed by atoms with van der Waals surface area (Å²) >= 11 is 0. The maximum atomic E-state index is 12.6. The lowest BCUT2D eigenvalue weighted by Gasteiger charge is -2.10. The molecule has 0 aliphatic carbocycles. The molecule has 0 spiro atoms. The fourth-order valence-corrected chi connectivity index (χ4v) is 3.90. The molecule has 3 N–H and O–H groups in total. The zero-order chi connectivity index (χ0) is 32.8. The maximum Gasteiger partial charge on any atom is 0.416 e. The Morgan fingerprint density at radius 3 is 1.89 bits per heavy atom. The van der Waals surface area contributed by atoms with Gasteiger partial charge in [0.25, 0.3) is 11.8 Å². The first-order valence-electron chi connectivity index (χ1n) is 12.9. The van der Waals surface area contributed by atoms with Gasteiger partial charge in [0.1, 0.15) is 23.6 Å². The third-order valence-electron chi connectivity index (χ3n) is 6.06.